The highest BCUT2D eigenvalue weighted by Gasteiger charge is 2.35. The van der Waals surface area contributed by atoms with Crippen LogP contribution >= 0.6 is 0 Å². The van der Waals surface area contributed by atoms with Gasteiger partial charge in [0.2, 0.25) is 15.9 Å². The van der Waals surface area contributed by atoms with Gasteiger partial charge >= 0.3 is 0 Å². The summed E-state index contributed by atoms with van der Waals surface area (Å²) in [6, 6.07) is 10.9. The smallest absolute Gasteiger partial charge is 0.243 e. The van der Waals surface area contributed by atoms with E-state index >= 15 is 0 Å². The molecule has 0 radical (unpaired) electrons. The van der Waals surface area contributed by atoms with Gasteiger partial charge in [0.05, 0.1) is 12.0 Å². The molecule has 2 aromatic carbocycles. The Kier molecular flexibility index (Phi) is 5.79. The van der Waals surface area contributed by atoms with Crippen LogP contribution in [0.1, 0.15) is 24.8 Å². The Labute approximate surface area is 176 Å². The number of hydrogen-bond acceptors (Lipinski definition) is 4. The number of sulfonamides is 1. The van der Waals surface area contributed by atoms with Crippen molar-refractivity contribution in [1.82, 2.24) is 4.31 Å². The van der Waals surface area contributed by atoms with Crippen LogP contribution in [0.15, 0.2) is 47.4 Å². The summed E-state index contributed by atoms with van der Waals surface area (Å²) in [7, 11) is -2.07. The van der Waals surface area contributed by atoms with Crippen LogP contribution in [0.3, 0.4) is 0 Å². The molecule has 4 rings (SSSR count). The van der Waals surface area contributed by atoms with Crippen LogP contribution in [0.4, 0.5) is 10.1 Å². The Balaban J connectivity index is 1.44. The van der Waals surface area contributed by atoms with Gasteiger partial charge in [-0.3, -0.25) is 4.79 Å². The molecule has 1 fully saturated rings. The largest absolute Gasteiger partial charge is 0.497 e. The fourth-order valence-electron chi connectivity index (χ4n) is 4.25. The monoisotopic (exact) mass is 432 g/mol. The van der Waals surface area contributed by atoms with Crippen LogP contribution in [-0.2, 0) is 21.2 Å². The molecule has 30 heavy (non-hydrogen) atoms. The zero-order chi connectivity index (χ0) is 21.3. The molecule has 6 nitrogen and oxygen atoms in total. The van der Waals surface area contributed by atoms with Gasteiger partial charge in [0.15, 0.2) is 0 Å². The molecule has 0 bridgehead atoms. The number of nitrogens with zero attached hydrogens (tertiary/aromatic N) is 2. The van der Waals surface area contributed by atoms with Crippen LogP contribution in [0.5, 0.6) is 5.75 Å². The van der Waals surface area contributed by atoms with Crippen molar-refractivity contribution in [3.8, 4) is 5.75 Å². The average Bonchev–Trinajstić information content (AvgIpc) is 2.78. The maximum Gasteiger partial charge on any atom is 0.243 e. The number of ether oxygens (including phenoxy) is 1. The normalized spacial score (nSPS) is 18.1. The molecule has 0 spiro atoms. The van der Waals surface area contributed by atoms with Gasteiger partial charge in [-0.1, -0.05) is 0 Å². The number of hydrogen-bond donors (Lipinski definition) is 0. The third-order valence-corrected chi connectivity index (χ3v) is 7.84. The third kappa shape index (κ3) is 3.94. The van der Waals surface area contributed by atoms with Crippen molar-refractivity contribution in [2.45, 2.75) is 30.6 Å². The van der Waals surface area contributed by atoms with E-state index < -0.39 is 10.0 Å². The van der Waals surface area contributed by atoms with E-state index in [-0.39, 0.29) is 22.5 Å². The second-order valence-electron chi connectivity index (χ2n) is 7.72. The first kappa shape index (κ1) is 20.8. The number of amides is 1. The van der Waals surface area contributed by atoms with Gasteiger partial charge in [-0.05, 0) is 73.7 Å². The number of anilines is 1. The Morgan fingerprint density at radius 3 is 2.43 bits per heavy atom. The van der Waals surface area contributed by atoms with Crippen LogP contribution < -0.4 is 9.64 Å². The van der Waals surface area contributed by atoms with Gasteiger partial charge < -0.3 is 9.64 Å². The lowest BCUT2D eigenvalue weighted by Gasteiger charge is -2.36. The van der Waals surface area contributed by atoms with Crippen molar-refractivity contribution in [3.63, 3.8) is 0 Å². The zero-order valence-electron chi connectivity index (χ0n) is 16.9. The van der Waals surface area contributed by atoms with Crippen molar-refractivity contribution in [2.24, 2.45) is 5.92 Å². The van der Waals surface area contributed by atoms with E-state index in [1.807, 2.05) is 0 Å². The molecule has 8 heteroatoms. The lowest BCUT2D eigenvalue weighted by atomic mass is 9.94. The fraction of sp³-hybridized carbons (Fsp3) is 0.409. The summed E-state index contributed by atoms with van der Waals surface area (Å²) < 4.78 is 45.9. The number of carbonyl (C=O) groups is 1. The highest BCUT2D eigenvalue weighted by molar-refractivity contribution is 7.89. The average molecular weight is 433 g/mol. The molecule has 2 aliphatic rings. The fourth-order valence-corrected chi connectivity index (χ4v) is 5.72. The van der Waals surface area contributed by atoms with Crippen molar-refractivity contribution in [3.05, 3.63) is 53.8 Å². The molecule has 0 atom stereocenters. The van der Waals surface area contributed by atoms with Gasteiger partial charge in [0, 0.05) is 31.2 Å². The zero-order valence-corrected chi connectivity index (χ0v) is 17.7. The summed E-state index contributed by atoms with van der Waals surface area (Å²) in [5.41, 5.74) is 1.63. The topological polar surface area (TPSA) is 66.9 Å². The maximum absolute atomic E-state index is 13.5. The summed E-state index contributed by atoms with van der Waals surface area (Å²) >= 11 is 0. The van der Waals surface area contributed by atoms with E-state index in [0.717, 1.165) is 24.1 Å². The van der Waals surface area contributed by atoms with Gasteiger partial charge in [0.25, 0.3) is 0 Å². The minimum absolute atomic E-state index is 0.00375. The SMILES string of the molecule is COc1ccc(S(=O)(=O)N2CCC(C(=O)N3CCCc4cc(F)ccc43)CC2)cc1. The number of fused-ring (bicyclic) bond motifs is 1. The first-order valence-corrected chi connectivity index (χ1v) is 11.6. The quantitative estimate of drug-likeness (QED) is 0.744. The highest BCUT2D eigenvalue weighted by atomic mass is 32.2. The molecule has 1 saturated heterocycles. The van der Waals surface area contributed by atoms with Crippen molar-refractivity contribution >= 4 is 21.6 Å². The van der Waals surface area contributed by atoms with Gasteiger partial charge in [0.1, 0.15) is 11.6 Å². The summed E-state index contributed by atoms with van der Waals surface area (Å²) in [5, 5.41) is 0. The Bertz CT molecular complexity index is 1030. The van der Waals surface area contributed by atoms with E-state index in [4.69, 9.17) is 4.74 Å². The van der Waals surface area contributed by atoms with Gasteiger partial charge in [-0.2, -0.15) is 4.31 Å². The molecule has 2 aromatic rings. The molecule has 0 N–H and O–H groups in total. The summed E-state index contributed by atoms with van der Waals surface area (Å²) in [6.07, 6.45) is 2.50. The van der Waals surface area contributed by atoms with E-state index in [1.54, 1.807) is 23.1 Å². The molecule has 0 aromatic heterocycles. The molecule has 0 unspecified atom stereocenters. The lowest BCUT2D eigenvalue weighted by molar-refractivity contribution is -0.123. The lowest BCUT2D eigenvalue weighted by Crippen LogP contribution is -2.45. The minimum Gasteiger partial charge on any atom is -0.497 e. The molecule has 2 aliphatic heterocycles. The number of rotatable bonds is 4. The molecule has 0 saturated carbocycles. The highest BCUT2D eigenvalue weighted by Crippen LogP contribution is 2.32. The van der Waals surface area contributed by atoms with Crippen LogP contribution in [0.2, 0.25) is 0 Å². The first-order chi connectivity index (χ1) is 14.4. The number of aryl methyl sites for hydroxylation is 1. The summed E-state index contributed by atoms with van der Waals surface area (Å²) in [4.78, 5) is 15.1. The van der Waals surface area contributed by atoms with E-state index in [0.29, 0.717) is 38.2 Å². The van der Waals surface area contributed by atoms with Gasteiger partial charge in [-0.25, -0.2) is 12.8 Å². The Morgan fingerprint density at radius 1 is 1.07 bits per heavy atom. The van der Waals surface area contributed by atoms with Crippen molar-refractivity contribution in [2.75, 3.05) is 31.6 Å². The minimum atomic E-state index is -3.60. The number of carbonyl (C=O) groups excluding carboxylic acids is 1. The number of halogens is 1. The van der Waals surface area contributed by atoms with Crippen molar-refractivity contribution < 1.29 is 22.3 Å². The maximum atomic E-state index is 13.5. The van der Waals surface area contributed by atoms with Crippen LogP contribution in [0, 0.1) is 11.7 Å². The molecular weight excluding hydrogens is 407 g/mol. The standard InChI is InChI=1S/C22H25FN2O4S/c1-29-19-5-7-20(8-6-19)30(27,28)24-13-10-16(11-14-24)22(26)25-12-2-3-17-15-18(23)4-9-21(17)25/h4-9,15-16H,2-3,10-14H2,1H3. The summed E-state index contributed by atoms with van der Waals surface area (Å²) in [5.74, 6) is 0.0763. The second-order valence-corrected chi connectivity index (χ2v) is 9.66. The molecular formula is C22H25FN2O4S. The molecule has 0 aliphatic carbocycles. The number of benzene rings is 2. The molecule has 1 amide bonds. The van der Waals surface area contributed by atoms with Crippen LogP contribution in [0.25, 0.3) is 0 Å². The van der Waals surface area contributed by atoms with E-state index in [2.05, 4.69) is 0 Å². The van der Waals surface area contributed by atoms with Crippen molar-refractivity contribution in [1.29, 1.82) is 0 Å². The van der Waals surface area contributed by atoms with Gasteiger partial charge in [-0.15, -0.1) is 0 Å². The predicted octanol–water partition coefficient (Wildman–Crippen LogP) is 3.21. The first-order valence-electron chi connectivity index (χ1n) is 10.1. The number of piperidine rings is 1. The molecule has 2 heterocycles. The Morgan fingerprint density at radius 2 is 1.77 bits per heavy atom. The molecule has 160 valence electrons. The predicted molar refractivity (Wildman–Crippen MR) is 112 cm³/mol. The Hall–Kier alpha value is -2.45. The third-order valence-electron chi connectivity index (χ3n) is 5.93. The van der Waals surface area contributed by atoms with E-state index in [9.17, 15) is 17.6 Å². The summed E-state index contributed by atoms with van der Waals surface area (Å²) in [6.45, 7) is 1.21. The van der Waals surface area contributed by atoms with E-state index in [1.165, 1.54) is 35.7 Å². The van der Waals surface area contributed by atoms with Crippen LogP contribution in [-0.4, -0.2) is 45.4 Å². The second kappa shape index (κ2) is 8.35. The number of methoxy groups -OCH3 is 1.